The lowest BCUT2D eigenvalue weighted by atomic mass is 10.3. The summed E-state index contributed by atoms with van der Waals surface area (Å²) >= 11 is 1.57. The summed E-state index contributed by atoms with van der Waals surface area (Å²) in [5.41, 5.74) is 7.10. The lowest BCUT2D eigenvalue weighted by Gasteiger charge is -2.17. The minimum Gasteiger partial charge on any atom is -0.333 e. The van der Waals surface area contributed by atoms with Gasteiger partial charge in [-0.25, -0.2) is 4.98 Å². The van der Waals surface area contributed by atoms with Crippen LogP contribution in [0.15, 0.2) is 4.52 Å². The highest BCUT2D eigenvalue weighted by Crippen LogP contribution is 2.28. The van der Waals surface area contributed by atoms with Crippen molar-refractivity contribution >= 4 is 11.3 Å². The summed E-state index contributed by atoms with van der Waals surface area (Å²) in [5.74, 6) is 1.11. The molecule has 7 heteroatoms. The fraction of sp³-hybridized carbons (Fsp3) is 0.615. The molecule has 1 fully saturated rings. The first-order chi connectivity index (χ1) is 9.63. The average Bonchev–Trinajstić information content (AvgIpc) is 3.10. The number of nitrogens with two attached hydrogens (primary N) is 1. The maximum absolute atomic E-state index is 6.17. The summed E-state index contributed by atoms with van der Waals surface area (Å²) < 4.78 is 5.34. The molecule has 3 heterocycles. The van der Waals surface area contributed by atoms with Crippen LogP contribution in [0, 0.1) is 13.8 Å². The number of aryl methyl sites for hydroxylation is 2. The van der Waals surface area contributed by atoms with Gasteiger partial charge in [-0.1, -0.05) is 5.16 Å². The fourth-order valence-electron chi connectivity index (χ4n) is 2.53. The Hall–Kier alpha value is -1.31. The van der Waals surface area contributed by atoms with Gasteiger partial charge in [0.15, 0.2) is 5.82 Å². The van der Waals surface area contributed by atoms with E-state index in [0.717, 1.165) is 35.2 Å². The van der Waals surface area contributed by atoms with Crippen molar-refractivity contribution in [1.82, 2.24) is 20.0 Å². The zero-order valence-electron chi connectivity index (χ0n) is 11.8. The largest absolute Gasteiger partial charge is 0.333 e. The predicted octanol–water partition coefficient (Wildman–Crippen LogP) is 1.91. The SMILES string of the molecule is Cc1nc(C)c(-c2nc(C(N)CN3CCCC3)no2)s1. The van der Waals surface area contributed by atoms with Crippen LogP contribution in [0.4, 0.5) is 0 Å². The van der Waals surface area contributed by atoms with Gasteiger partial charge < -0.3 is 15.2 Å². The van der Waals surface area contributed by atoms with Crippen LogP contribution >= 0.6 is 11.3 Å². The highest BCUT2D eigenvalue weighted by Gasteiger charge is 2.21. The standard InChI is InChI=1S/C13H19N5OS/c1-8-11(20-9(2)15-8)13-16-12(17-19-13)10(14)7-18-5-3-4-6-18/h10H,3-7,14H2,1-2H3. The molecule has 1 atom stereocenters. The monoisotopic (exact) mass is 293 g/mol. The Bertz CT molecular complexity index is 587. The van der Waals surface area contributed by atoms with E-state index in [2.05, 4.69) is 20.0 Å². The van der Waals surface area contributed by atoms with E-state index in [4.69, 9.17) is 10.3 Å². The highest BCUT2D eigenvalue weighted by molar-refractivity contribution is 7.15. The molecule has 0 amide bonds. The van der Waals surface area contributed by atoms with E-state index in [0.29, 0.717) is 11.7 Å². The van der Waals surface area contributed by atoms with Crippen molar-refractivity contribution in [2.45, 2.75) is 32.7 Å². The number of nitrogens with zero attached hydrogens (tertiary/aromatic N) is 4. The van der Waals surface area contributed by atoms with Gasteiger partial charge in [0, 0.05) is 6.54 Å². The minimum atomic E-state index is -0.195. The van der Waals surface area contributed by atoms with Gasteiger partial charge in [0.2, 0.25) is 0 Å². The molecule has 1 aliphatic heterocycles. The topological polar surface area (TPSA) is 81.1 Å². The fourth-order valence-corrected chi connectivity index (χ4v) is 3.37. The van der Waals surface area contributed by atoms with Crippen LogP contribution in [0.25, 0.3) is 10.8 Å². The molecule has 0 saturated carbocycles. The zero-order chi connectivity index (χ0) is 14.1. The molecule has 0 spiro atoms. The Balaban J connectivity index is 1.74. The molecule has 0 radical (unpaired) electrons. The first-order valence-electron chi connectivity index (χ1n) is 6.89. The highest BCUT2D eigenvalue weighted by atomic mass is 32.1. The van der Waals surface area contributed by atoms with E-state index in [-0.39, 0.29) is 6.04 Å². The number of likely N-dealkylation sites (tertiary alicyclic amines) is 1. The molecule has 3 rings (SSSR count). The Morgan fingerprint density at radius 1 is 1.30 bits per heavy atom. The van der Waals surface area contributed by atoms with Crippen molar-refractivity contribution in [2.75, 3.05) is 19.6 Å². The Morgan fingerprint density at radius 2 is 2.05 bits per heavy atom. The second kappa shape index (κ2) is 5.59. The normalized spacial score (nSPS) is 17.8. The van der Waals surface area contributed by atoms with E-state index >= 15 is 0 Å². The third kappa shape index (κ3) is 2.74. The number of aromatic nitrogens is 3. The minimum absolute atomic E-state index is 0.195. The van der Waals surface area contributed by atoms with Crippen molar-refractivity contribution in [3.8, 4) is 10.8 Å². The van der Waals surface area contributed by atoms with Gasteiger partial charge in [0.05, 0.1) is 16.7 Å². The Kier molecular flexibility index (Phi) is 3.82. The summed E-state index contributed by atoms with van der Waals surface area (Å²) in [6.07, 6.45) is 2.51. The maximum Gasteiger partial charge on any atom is 0.269 e. The van der Waals surface area contributed by atoms with Crippen LogP contribution < -0.4 is 5.73 Å². The zero-order valence-corrected chi connectivity index (χ0v) is 12.6. The maximum atomic E-state index is 6.17. The lowest BCUT2D eigenvalue weighted by Crippen LogP contribution is -2.30. The molecule has 1 unspecified atom stereocenters. The summed E-state index contributed by atoms with van der Waals surface area (Å²) in [5, 5.41) is 5.02. The molecular formula is C13H19N5OS. The van der Waals surface area contributed by atoms with Gasteiger partial charge in [-0.15, -0.1) is 11.3 Å². The van der Waals surface area contributed by atoms with E-state index < -0.39 is 0 Å². The quantitative estimate of drug-likeness (QED) is 0.927. The van der Waals surface area contributed by atoms with Crippen LogP contribution in [0.1, 0.15) is 35.4 Å². The first kappa shape index (κ1) is 13.7. The molecule has 20 heavy (non-hydrogen) atoms. The molecule has 2 aromatic heterocycles. The second-order valence-corrected chi connectivity index (χ2v) is 6.42. The van der Waals surface area contributed by atoms with Gasteiger partial charge in [-0.2, -0.15) is 4.98 Å². The van der Waals surface area contributed by atoms with E-state index in [1.807, 2.05) is 13.8 Å². The second-order valence-electron chi connectivity index (χ2n) is 5.22. The smallest absolute Gasteiger partial charge is 0.269 e. The van der Waals surface area contributed by atoms with Crippen LogP contribution in [-0.4, -0.2) is 39.7 Å². The summed E-state index contributed by atoms with van der Waals surface area (Å²) in [4.78, 5) is 12.1. The molecule has 6 nitrogen and oxygen atoms in total. The molecule has 1 aliphatic rings. The van der Waals surface area contributed by atoms with E-state index in [9.17, 15) is 0 Å². The van der Waals surface area contributed by atoms with Crippen LogP contribution in [0.2, 0.25) is 0 Å². The Labute approximate surface area is 122 Å². The molecule has 2 aromatic rings. The van der Waals surface area contributed by atoms with Crippen molar-refractivity contribution in [3.63, 3.8) is 0 Å². The van der Waals surface area contributed by atoms with Crippen molar-refractivity contribution in [3.05, 3.63) is 16.5 Å². The van der Waals surface area contributed by atoms with Crippen LogP contribution in [0.5, 0.6) is 0 Å². The lowest BCUT2D eigenvalue weighted by molar-refractivity contribution is 0.306. The molecular weight excluding hydrogens is 274 g/mol. The van der Waals surface area contributed by atoms with Crippen molar-refractivity contribution in [1.29, 1.82) is 0 Å². The van der Waals surface area contributed by atoms with E-state index in [1.165, 1.54) is 12.8 Å². The Morgan fingerprint density at radius 3 is 2.70 bits per heavy atom. The van der Waals surface area contributed by atoms with Gasteiger partial charge in [0.25, 0.3) is 5.89 Å². The average molecular weight is 293 g/mol. The molecule has 2 N–H and O–H groups in total. The van der Waals surface area contributed by atoms with Gasteiger partial charge in [0.1, 0.15) is 4.88 Å². The number of thiazole rings is 1. The van der Waals surface area contributed by atoms with Crippen molar-refractivity contribution < 1.29 is 4.52 Å². The van der Waals surface area contributed by atoms with Crippen molar-refractivity contribution in [2.24, 2.45) is 5.73 Å². The van der Waals surface area contributed by atoms with E-state index in [1.54, 1.807) is 11.3 Å². The number of rotatable bonds is 4. The molecule has 108 valence electrons. The third-order valence-electron chi connectivity index (χ3n) is 3.52. The first-order valence-corrected chi connectivity index (χ1v) is 7.71. The number of hydrogen-bond acceptors (Lipinski definition) is 7. The summed E-state index contributed by atoms with van der Waals surface area (Å²) in [6.45, 7) is 6.95. The number of hydrogen-bond donors (Lipinski definition) is 1. The third-order valence-corrected chi connectivity index (χ3v) is 4.59. The van der Waals surface area contributed by atoms with Crippen LogP contribution in [0.3, 0.4) is 0 Å². The van der Waals surface area contributed by atoms with Gasteiger partial charge >= 0.3 is 0 Å². The molecule has 0 aromatic carbocycles. The summed E-state index contributed by atoms with van der Waals surface area (Å²) in [6, 6.07) is -0.195. The van der Waals surface area contributed by atoms with Gasteiger partial charge in [-0.05, 0) is 39.8 Å². The molecule has 0 aliphatic carbocycles. The van der Waals surface area contributed by atoms with Crippen LogP contribution in [-0.2, 0) is 0 Å². The predicted molar refractivity (Wildman–Crippen MR) is 77.5 cm³/mol. The van der Waals surface area contributed by atoms with Gasteiger partial charge in [-0.3, -0.25) is 0 Å². The molecule has 0 bridgehead atoms. The molecule has 1 saturated heterocycles. The summed E-state index contributed by atoms with van der Waals surface area (Å²) in [7, 11) is 0.